The first-order valence-electron chi connectivity index (χ1n) is 8.82. The molecule has 0 aliphatic heterocycles. The first kappa shape index (κ1) is 23.3. The molecule has 32 heavy (non-hydrogen) atoms. The fourth-order valence-corrected chi connectivity index (χ4v) is 4.17. The molecule has 0 fully saturated rings. The van der Waals surface area contributed by atoms with E-state index in [1.54, 1.807) is 31.2 Å². The summed E-state index contributed by atoms with van der Waals surface area (Å²) in [6, 6.07) is 9.32. The van der Waals surface area contributed by atoms with E-state index in [4.69, 9.17) is 0 Å². The lowest BCUT2D eigenvalue weighted by Gasteiger charge is -2.14. The summed E-state index contributed by atoms with van der Waals surface area (Å²) in [5, 5.41) is 20.5. The first-order valence-corrected chi connectivity index (χ1v) is 11.7. The Morgan fingerprint density at radius 3 is 2.19 bits per heavy atom. The third-order valence-electron chi connectivity index (χ3n) is 4.38. The molecule has 11 nitrogen and oxygen atoms in total. The van der Waals surface area contributed by atoms with Crippen LogP contribution in [0, 0.1) is 6.92 Å². The quantitative estimate of drug-likeness (QED) is 0.315. The summed E-state index contributed by atoms with van der Waals surface area (Å²) in [7, 11) is -9.72. The van der Waals surface area contributed by atoms with Gasteiger partial charge in [0.25, 0.3) is 20.2 Å². The standard InChI is InChI=1S/C19H17N3O8S2/c1-10-5-3-4-6-14(10)21-22-18-16(32(28,29)30)8-12-7-13(31(25,26)27)9-15(20-11(2)23)17(12)19(18)24/h3-9,24H,1-2H3,(H,20,23)(H,25,26,27)(H,28,29,30)/b22-21+. The van der Waals surface area contributed by atoms with Gasteiger partial charge in [-0.3, -0.25) is 13.9 Å². The lowest BCUT2D eigenvalue weighted by atomic mass is 10.1. The molecule has 0 unspecified atom stereocenters. The highest BCUT2D eigenvalue weighted by atomic mass is 32.2. The van der Waals surface area contributed by atoms with Crippen LogP contribution in [0.1, 0.15) is 12.5 Å². The molecule has 3 aromatic rings. The minimum atomic E-state index is -4.96. The number of nitrogens with one attached hydrogen (secondary N) is 1. The molecule has 0 bridgehead atoms. The molecule has 0 aliphatic carbocycles. The Bertz CT molecular complexity index is 1500. The summed E-state index contributed by atoms with van der Waals surface area (Å²) in [4.78, 5) is 10.1. The van der Waals surface area contributed by atoms with Crippen molar-refractivity contribution in [1.29, 1.82) is 0 Å². The van der Waals surface area contributed by atoms with Crippen molar-refractivity contribution in [3.05, 3.63) is 48.0 Å². The predicted molar refractivity (Wildman–Crippen MR) is 115 cm³/mol. The zero-order valence-corrected chi connectivity index (χ0v) is 18.3. The van der Waals surface area contributed by atoms with Crippen LogP contribution in [0.3, 0.4) is 0 Å². The average molecular weight is 479 g/mol. The maximum Gasteiger partial charge on any atom is 0.296 e. The van der Waals surface area contributed by atoms with Crippen LogP contribution in [0.4, 0.5) is 17.1 Å². The van der Waals surface area contributed by atoms with Crippen molar-refractivity contribution in [2.45, 2.75) is 23.6 Å². The Hall–Kier alpha value is -3.39. The summed E-state index contributed by atoms with van der Waals surface area (Å²) in [5.41, 5.74) is 0.183. The zero-order chi connectivity index (χ0) is 23.8. The Balaban J connectivity index is 2.42. The summed E-state index contributed by atoms with van der Waals surface area (Å²) in [6.07, 6.45) is 0. The molecule has 0 heterocycles. The molecule has 0 aromatic heterocycles. The summed E-state index contributed by atoms with van der Waals surface area (Å²) >= 11 is 0. The highest BCUT2D eigenvalue weighted by Crippen LogP contribution is 2.45. The molecule has 168 valence electrons. The minimum Gasteiger partial charge on any atom is -0.505 e. The van der Waals surface area contributed by atoms with Gasteiger partial charge in [-0.25, -0.2) is 0 Å². The summed E-state index contributed by atoms with van der Waals surface area (Å²) in [5.74, 6) is -1.43. The number of azo groups is 1. The topological polar surface area (TPSA) is 183 Å². The molecule has 3 aromatic carbocycles. The second-order valence-electron chi connectivity index (χ2n) is 6.76. The molecule has 13 heteroatoms. The third-order valence-corrected chi connectivity index (χ3v) is 6.08. The molecule has 0 saturated carbocycles. The Morgan fingerprint density at radius 2 is 1.62 bits per heavy atom. The summed E-state index contributed by atoms with van der Waals surface area (Å²) < 4.78 is 66.3. The molecule has 0 saturated heterocycles. The van der Waals surface area contributed by atoms with Crippen molar-refractivity contribution in [1.82, 2.24) is 0 Å². The van der Waals surface area contributed by atoms with E-state index < -0.39 is 47.4 Å². The van der Waals surface area contributed by atoms with Crippen LogP contribution in [0.25, 0.3) is 10.8 Å². The van der Waals surface area contributed by atoms with Gasteiger partial charge in [-0.2, -0.15) is 21.9 Å². The number of amides is 1. The molecular formula is C19H17N3O8S2. The van der Waals surface area contributed by atoms with Crippen LogP contribution >= 0.6 is 0 Å². The van der Waals surface area contributed by atoms with Gasteiger partial charge in [0.2, 0.25) is 5.91 Å². The molecule has 0 aliphatic rings. The zero-order valence-electron chi connectivity index (χ0n) is 16.6. The van der Waals surface area contributed by atoms with Crippen molar-refractivity contribution >= 4 is 54.0 Å². The van der Waals surface area contributed by atoms with Crippen LogP contribution in [0.5, 0.6) is 5.75 Å². The number of aryl methyl sites for hydroxylation is 1. The summed E-state index contributed by atoms with van der Waals surface area (Å²) in [6.45, 7) is 2.85. The van der Waals surface area contributed by atoms with Gasteiger partial charge < -0.3 is 10.4 Å². The number of phenols is 1. The smallest absolute Gasteiger partial charge is 0.296 e. The fourth-order valence-electron chi connectivity index (χ4n) is 2.97. The van der Waals surface area contributed by atoms with Crippen molar-refractivity contribution in [3.8, 4) is 5.75 Å². The highest BCUT2D eigenvalue weighted by Gasteiger charge is 2.25. The Kier molecular flexibility index (Phi) is 6.02. The number of nitrogens with zero attached hydrogens (tertiary/aromatic N) is 2. The van der Waals surface area contributed by atoms with E-state index in [-0.39, 0.29) is 16.5 Å². The number of rotatable bonds is 5. The first-order chi connectivity index (χ1) is 14.8. The van der Waals surface area contributed by atoms with E-state index >= 15 is 0 Å². The molecule has 4 N–H and O–H groups in total. The maximum absolute atomic E-state index is 12.0. The average Bonchev–Trinajstić information content (AvgIpc) is 2.66. The third kappa shape index (κ3) is 4.75. The number of anilines is 1. The molecule has 0 atom stereocenters. The van der Waals surface area contributed by atoms with Gasteiger partial charge in [-0.05, 0) is 42.1 Å². The van der Waals surface area contributed by atoms with Crippen molar-refractivity contribution in [3.63, 3.8) is 0 Å². The van der Waals surface area contributed by atoms with Gasteiger partial charge in [0.1, 0.15) is 10.6 Å². The minimum absolute atomic E-state index is 0.182. The maximum atomic E-state index is 12.0. The van der Waals surface area contributed by atoms with E-state index in [1.807, 2.05) is 0 Å². The molecule has 0 radical (unpaired) electrons. The van der Waals surface area contributed by atoms with Crippen LogP contribution in [-0.4, -0.2) is 37.0 Å². The van der Waals surface area contributed by atoms with E-state index in [1.165, 1.54) is 0 Å². The number of aromatic hydroxyl groups is 1. The number of carbonyl (C=O) groups excluding carboxylic acids is 1. The molecule has 3 rings (SSSR count). The Labute approximate surface area is 182 Å². The van der Waals surface area contributed by atoms with E-state index in [0.717, 1.165) is 25.1 Å². The van der Waals surface area contributed by atoms with Crippen LogP contribution in [0.15, 0.2) is 62.5 Å². The van der Waals surface area contributed by atoms with Gasteiger partial charge >= 0.3 is 0 Å². The van der Waals surface area contributed by atoms with Crippen molar-refractivity contribution in [2.24, 2.45) is 10.2 Å². The monoisotopic (exact) mass is 479 g/mol. The van der Waals surface area contributed by atoms with Crippen molar-refractivity contribution in [2.75, 3.05) is 5.32 Å². The second-order valence-corrected chi connectivity index (χ2v) is 9.57. The SMILES string of the molecule is CC(=O)Nc1cc(S(=O)(=O)O)cc2cc(S(=O)(=O)O)c(/N=N/c3ccccc3C)c(O)c12. The van der Waals surface area contributed by atoms with E-state index in [9.17, 15) is 35.8 Å². The number of carbonyl (C=O) groups is 1. The van der Waals surface area contributed by atoms with Gasteiger partial charge in [0.05, 0.1) is 16.3 Å². The van der Waals surface area contributed by atoms with Gasteiger partial charge in [0, 0.05) is 12.3 Å². The lowest BCUT2D eigenvalue weighted by Crippen LogP contribution is -2.08. The van der Waals surface area contributed by atoms with Gasteiger partial charge in [-0.15, -0.1) is 5.11 Å². The largest absolute Gasteiger partial charge is 0.505 e. The number of fused-ring (bicyclic) bond motifs is 1. The number of benzene rings is 3. The van der Waals surface area contributed by atoms with Gasteiger partial charge in [0.15, 0.2) is 5.75 Å². The number of phenolic OH excluding ortho intramolecular Hbond substituents is 1. The predicted octanol–water partition coefficient (Wildman–Crippen LogP) is 3.72. The lowest BCUT2D eigenvalue weighted by molar-refractivity contribution is -0.114. The molecule has 1 amide bonds. The van der Waals surface area contributed by atoms with E-state index in [0.29, 0.717) is 11.3 Å². The number of hydrogen-bond donors (Lipinski definition) is 4. The van der Waals surface area contributed by atoms with Crippen molar-refractivity contribution < 1.29 is 35.8 Å². The van der Waals surface area contributed by atoms with E-state index in [2.05, 4.69) is 15.5 Å². The van der Waals surface area contributed by atoms with Gasteiger partial charge in [-0.1, -0.05) is 18.2 Å². The van der Waals surface area contributed by atoms with Crippen LogP contribution in [-0.2, 0) is 25.0 Å². The molecular weight excluding hydrogens is 462 g/mol. The highest BCUT2D eigenvalue weighted by molar-refractivity contribution is 7.86. The van der Waals surface area contributed by atoms with Crippen LogP contribution in [0.2, 0.25) is 0 Å². The normalized spacial score (nSPS) is 12.4. The number of hydrogen-bond acceptors (Lipinski definition) is 8. The fraction of sp³-hybridized carbons (Fsp3) is 0.105. The Morgan fingerprint density at radius 1 is 0.969 bits per heavy atom. The molecule has 0 spiro atoms. The second kappa shape index (κ2) is 8.27. The van der Waals surface area contributed by atoms with Crippen LogP contribution < -0.4 is 5.32 Å².